The van der Waals surface area contributed by atoms with Gasteiger partial charge in [-0.3, -0.25) is 14.9 Å². The first-order valence-electron chi connectivity index (χ1n) is 4.05. The Hall–Kier alpha value is -1.62. The predicted octanol–water partition coefficient (Wildman–Crippen LogP) is 1.96. The minimum atomic E-state index is -0.579. The molecular weight excluding hydrogens is 222 g/mol. The first kappa shape index (κ1) is 11.5. The average Bonchev–Trinajstić information content (AvgIpc) is 2.20. The Kier molecular flexibility index (Phi) is 3.62. The number of rotatable bonds is 3. The van der Waals surface area contributed by atoms with Gasteiger partial charge in [-0.15, -0.1) is 0 Å². The summed E-state index contributed by atoms with van der Waals surface area (Å²) in [5.41, 5.74) is 0.00363. The molecule has 15 heavy (non-hydrogen) atoms. The molecule has 0 aliphatic carbocycles. The molecule has 0 aliphatic rings. The molecule has 1 rings (SSSR count). The van der Waals surface area contributed by atoms with Crippen molar-refractivity contribution < 1.29 is 14.5 Å². The van der Waals surface area contributed by atoms with Crippen molar-refractivity contribution in [2.75, 3.05) is 7.11 Å². The molecule has 0 atom stereocenters. The summed E-state index contributed by atoms with van der Waals surface area (Å²) >= 11 is 5.76. The Bertz CT molecular complexity index is 405. The highest BCUT2D eigenvalue weighted by Gasteiger charge is 2.19. The van der Waals surface area contributed by atoms with Gasteiger partial charge >= 0.3 is 5.97 Å². The molecule has 80 valence electrons. The molecule has 1 aromatic carbocycles. The summed E-state index contributed by atoms with van der Waals surface area (Å²) in [5.74, 6) is -0.564. The van der Waals surface area contributed by atoms with Crippen LogP contribution in [0, 0.1) is 10.1 Å². The van der Waals surface area contributed by atoms with Gasteiger partial charge in [0.1, 0.15) is 0 Å². The molecule has 0 saturated heterocycles. The van der Waals surface area contributed by atoms with Crippen molar-refractivity contribution in [3.63, 3.8) is 0 Å². The van der Waals surface area contributed by atoms with Crippen LogP contribution in [0.3, 0.4) is 0 Å². The number of hydrogen-bond acceptors (Lipinski definition) is 4. The minimum Gasteiger partial charge on any atom is -0.469 e. The normalized spacial score (nSPS) is 9.73. The van der Waals surface area contributed by atoms with Crippen molar-refractivity contribution in [2.24, 2.45) is 0 Å². The maximum Gasteiger partial charge on any atom is 0.310 e. The number of methoxy groups -OCH3 is 1. The fourth-order valence-electron chi connectivity index (χ4n) is 1.11. The Morgan fingerprint density at radius 3 is 2.80 bits per heavy atom. The number of nitro benzene ring substituents is 1. The van der Waals surface area contributed by atoms with E-state index in [1.165, 1.54) is 25.3 Å². The zero-order valence-electron chi connectivity index (χ0n) is 7.90. The van der Waals surface area contributed by atoms with Gasteiger partial charge in [-0.1, -0.05) is 17.7 Å². The van der Waals surface area contributed by atoms with E-state index in [0.29, 0.717) is 0 Å². The highest BCUT2D eigenvalue weighted by molar-refractivity contribution is 6.31. The van der Waals surface area contributed by atoms with Crippen molar-refractivity contribution >= 4 is 23.3 Å². The summed E-state index contributed by atoms with van der Waals surface area (Å²) < 4.78 is 4.42. The number of carbonyl (C=O) groups is 1. The van der Waals surface area contributed by atoms with Crippen molar-refractivity contribution in [1.82, 2.24) is 0 Å². The van der Waals surface area contributed by atoms with Crippen LogP contribution < -0.4 is 0 Å². The molecule has 0 aliphatic heterocycles. The van der Waals surface area contributed by atoms with Crippen molar-refractivity contribution in [3.05, 3.63) is 38.9 Å². The number of ether oxygens (including phenoxy) is 1. The molecule has 5 nitrogen and oxygen atoms in total. The van der Waals surface area contributed by atoms with E-state index in [2.05, 4.69) is 4.74 Å². The second kappa shape index (κ2) is 4.75. The Labute approximate surface area is 90.8 Å². The first-order chi connectivity index (χ1) is 7.06. The maximum absolute atomic E-state index is 11.0. The van der Waals surface area contributed by atoms with Gasteiger partial charge in [-0.05, 0) is 6.07 Å². The molecule has 0 bridgehead atoms. The van der Waals surface area contributed by atoms with Crippen LogP contribution >= 0.6 is 11.6 Å². The van der Waals surface area contributed by atoms with Crippen LogP contribution in [-0.2, 0) is 16.0 Å². The summed E-state index contributed by atoms with van der Waals surface area (Å²) in [7, 11) is 1.21. The topological polar surface area (TPSA) is 69.4 Å². The number of esters is 1. The Balaban J connectivity index is 3.13. The van der Waals surface area contributed by atoms with E-state index in [-0.39, 0.29) is 22.7 Å². The molecule has 0 N–H and O–H groups in total. The van der Waals surface area contributed by atoms with Crippen molar-refractivity contribution in [3.8, 4) is 0 Å². The van der Waals surface area contributed by atoms with Gasteiger partial charge in [-0.2, -0.15) is 0 Å². The molecule has 0 saturated carbocycles. The van der Waals surface area contributed by atoms with Gasteiger partial charge in [0.2, 0.25) is 0 Å². The molecule has 0 aromatic heterocycles. The maximum atomic E-state index is 11.0. The standard InChI is InChI=1S/C9H8ClNO4/c1-15-9(12)5-6-7(10)3-2-4-8(6)11(13)14/h2-4H,5H2,1H3. The molecule has 0 unspecified atom stereocenters. The van der Waals surface area contributed by atoms with Crippen LogP contribution in [-0.4, -0.2) is 18.0 Å². The minimum absolute atomic E-state index is 0.173. The number of nitrogens with zero attached hydrogens (tertiary/aromatic N) is 1. The second-order valence-corrected chi connectivity index (χ2v) is 3.15. The molecule has 0 radical (unpaired) electrons. The number of nitro groups is 1. The smallest absolute Gasteiger partial charge is 0.310 e. The summed E-state index contributed by atoms with van der Waals surface area (Å²) in [5, 5.41) is 10.8. The summed E-state index contributed by atoms with van der Waals surface area (Å²) in [6, 6.07) is 4.25. The van der Waals surface area contributed by atoms with Gasteiger partial charge < -0.3 is 4.74 Å². The van der Waals surface area contributed by atoms with Gasteiger partial charge in [0, 0.05) is 6.07 Å². The highest BCUT2D eigenvalue weighted by atomic mass is 35.5. The van der Waals surface area contributed by atoms with Crippen LogP contribution in [0.25, 0.3) is 0 Å². The average molecular weight is 230 g/mol. The van der Waals surface area contributed by atoms with Gasteiger partial charge in [-0.25, -0.2) is 0 Å². The molecule has 0 heterocycles. The molecule has 1 aromatic rings. The fourth-order valence-corrected chi connectivity index (χ4v) is 1.35. The third-order valence-electron chi connectivity index (χ3n) is 1.84. The molecular formula is C9H8ClNO4. The highest BCUT2D eigenvalue weighted by Crippen LogP contribution is 2.26. The zero-order chi connectivity index (χ0) is 11.4. The van der Waals surface area contributed by atoms with Crippen molar-refractivity contribution in [1.29, 1.82) is 0 Å². The number of carbonyl (C=O) groups excluding carboxylic acids is 1. The summed E-state index contributed by atoms with van der Waals surface area (Å²) in [6.45, 7) is 0. The molecule has 0 spiro atoms. The van der Waals surface area contributed by atoms with Crippen LogP contribution in [0.4, 0.5) is 5.69 Å². The molecule has 0 fully saturated rings. The first-order valence-corrected chi connectivity index (χ1v) is 4.42. The van der Waals surface area contributed by atoms with Crippen LogP contribution in [0.1, 0.15) is 5.56 Å². The summed E-state index contributed by atoms with van der Waals surface area (Å²) in [6.07, 6.45) is -0.202. The number of halogens is 1. The summed E-state index contributed by atoms with van der Waals surface area (Å²) in [4.78, 5) is 21.1. The van der Waals surface area contributed by atoms with E-state index < -0.39 is 10.9 Å². The third-order valence-corrected chi connectivity index (χ3v) is 2.19. The predicted molar refractivity (Wildman–Crippen MR) is 53.8 cm³/mol. The van der Waals surface area contributed by atoms with Gasteiger partial charge in [0.05, 0.1) is 29.0 Å². The van der Waals surface area contributed by atoms with E-state index in [0.717, 1.165) is 0 Å². The second-order valence-electron chi connectivity index (χ2n) is 2.75. The van der Waals surface area contributed by atoms with Crippen LogP contribution in [0.2, 0.25) is 5.02 Å². The lowest BCUT2D eigenvalue weighted by atomic mass is 10.1. The third kappa shape index (κ3) is 2.66. The van der Waals surface area contributed by atoms with E-state index >= 15 is 0 Å². The fraction of sp³-hybridized carbons (Fsp3) is 0.222. The van der Waals surface area contributed by atoms with Crippen molar-refractivity contribution in [2.45, 2.75) is 6.42 Å². The van der Waals surface area contributed by atoms with Gasteiger partial charge in [0.15, 0.2) is 0 Å². The number of hydrogen-bond donors (Lipinski definition) is 0. The van der Waals surface area contributed by atoms with Crippen LogP contribution in [0.5, 0.6) is 0 Å². The molecule has 6 heteroatoms. The van der Waals surface area contributed by atoms with E-state index in [4.69, 9.17) is 11.6 Å². The molecule has 0 amide bonds. The van der Waals surface area contributed by atoms with Gasteiger partial charge in [0.25, 0.3) is 5.69 Å². The zero-order valence-corrected chi connectivity index (χ0v) is 8.65. The SMILES string of the molecule is COC(=O)Cc1c(Cl)cccc1[N+](=O)[O-]. The van der Waals surface area contributed by atoms with E-state index in [1.54, 1.807) is 0 Å². The quantitative estimate of drug-likeness (QED) is 0.451. The monoisotopic (exact) mass is 229 g/mol. The van der Waals surface area contributed by atoms with E-state index in [9.17, 15) is 14.9 Å². The lowest BCUT2D eigenvalue weighted by Crippen LogP contribution is -2.07. The lowest BCUT2D eigenvalue weighted by molar-refractivity contribution is -0.385. The van der Waals surface area contributed by atoms with Crippen LogP contribution in [0.15, 0.2) is 18.2 Å². The largest absolute Gasteiger partial charge is 0.469 e. The number of benzene rings is 1. The Morgan fingerprint density at radius 1 is 1.60 bits per heavy atom. The lowest BCUT2D eigenvalue weighted by Gasteiger charge is -2.03. The van der Waals surface area contributed by atoms with E-state index in [1.807, 2.05) is 0 Å². The Morgan fingerprint density at radius 2 is 2.27 bits per heavy atom.